The second-order valence-electron chi connectivity index (χ2n) is 2.64. The average Bonchev–Trinajstić information content (AvgIpc) is 2.33. The van der Waals surface area contributed by atoms with Crippen LogP contribution in [0.15, 0.2) is 10.2 Å². The van der Waals surface area contributed by atoms with E-state index in [-0.39, 0.29) is 0 Å². The maximum atomic E-state index is 4.28. The van der Waals surface area contributed by atoms with Crippen LogP contribution in [0.3, 0.4) is 0 Å². The van der Waals surface area contributed by atoms with E-state index in [1.807, 2.05) is 11.9 Å². The third kappa shape index (κ3) is 0.761. The third-order valence-electron chi connectivity index (χ3n) is 1.78. The molecule has 4 heteroatoms. The van der Waals surface area contributed by atoms with Crippen molar-refractivity contribution in [2.75, 3.05) is 0 Å². The Balaban J connectivity index is 2.19. The van der Waals surface area contributed by atoms with E-state index in [1.54, 1.807) is 6.34 Å². The maximum absolute atomic E-state index is 4.28. The molecule has 2 rings (SSSR count). The maximum Gasteiger partial charge on any atom is 0.138 e. The Hall–Kier alpha value is -1.06. The van der Waals surface area contributed by atoms with Gasteiger partial charge < -0.3 is 0 Å². The molecule has 0 saturated heterocycles. The molecule has 0 fully saturated rings. The van der Waals surface area contributed by atoms with E-state index in [0.717, 1.165) is 12.8 Å². The zero-order chi connectivity index (χ0) is 6.97. The van der Waals surface area contributed by atoms with Gasteiger partial charge >= 0.3 is 0 Å². The number of rotatable bonds is 0. The van der Waals surface area contributed by atoms with Gasteiger partial charge in [0.05, 0.1) is 0 Å². The minimum Gasteiger partial charge on any atom is -0.284 e. The molecule has 4 nitrogen and oxygen atoms in total. The van der Waals surface area contributed by atoms with Gasteiger partial charge in [0.1, 0.15) is 12.5 Å². The van der Waals surface area contributed by atoms with Gasteiger partial charge in [0.25, 0.3) is 0 Å². The number of hydrogen-bond acceptors (Lipinski definition) is 4. The van der Waals surface area contributed by atoms with Gasteiger partial charge in [0, 0.05) is 5.71 Å². The molecule has 0 radical (unpaired) electrons. The molecule has 1 atom stereocenters. The van der Waals surface area contributed by atoms with Crippen molar-refractivity contribution in [2.24, 2.45) is 10.2 Å². The Labute approximate surface area is 59.6 Å². The summed E-state index contributed by atoms with van der Waals surface area (Å²) < 4.78 is 0. The highest BCUT2D eigenvalue weighted by Gasteiger charge is 2.22. The lowest BCUT2D eigenvalue weighted by Gasteiger charge is -2.23. The van der Waals surface area contributed by atoms with Crippen LogP contribution in [0.25, 0.3) is 0 Å². The van der Waals surface area contributed by atoms with Crippen molar-refractivity contribution in [3.05, 3.63) is 0 Å². The van der Waals surface area contributed by atoms with Crippen LogP contribution in [0, 0.1) is 0 Å². The molecule has 1 N–H and O–H groups in total. The van der Waals surface area contributed by atoms with E-state index in [2.05, 4.69) is 15.6 Å². The smallest absolute Gasteiger partial charge is 0.138 e. The van der Waals surface area contributed by atoms with Gasteiger partial charge in [-0.25, -0.2) is 5.01 Å². The molecule has 10 heavy (non-hydrogen) atoms. The van der Waals surface area contributed by atoms with Crippen molar-refractivity contribution in [3.8, 4) is 0 Å². The molecule has 54 valence electrons. The molecule has 0 saturated carbocycles. The van der Waals surface area contributed by atoms with Crippen molar-refractivity contribution < 1.29 is 0 Å². The third-order valence-corrected chi connectivity index (χ3v) is 1.78. The van der Waals surface area contributed by atoms with Crippen molar-refractivity contribution in [1.82, 2.24) is 10.4 Å². The highest BCUT2D eigenvalue weighted by molar-refractivity contribution is 5.83. The summed E-state index contributed by atoms with van der Waals surface area (Å²) in [6.07, 6.45) is 4.24. The number of hydrogen-bond donors (Lipinski definition) is 1. The van der Waals surface area contributed by atoms with Crippen LogP contribution in [-0.4, -0.2) is 23.2 Å². The Morgan fingerprint density at radius 3 is 3.60 bits per heavy atom. The summed E-state index contributed by atoms with van der Waals surface area (Å²) in [6, 6.07) is 0. The van der Waals surface area contributed by atoms with Crippen molar-refractivity contribution in [2.45, 2.75) is 25.9 Å². The van der Waals surface area contributed by atoms with Gasteiger partial charge in [0.15, 0.2) is 0 Å². The van der Waals surface area contributed by atoms with E-state index < -0.39 is 0 Å². The molecule has 0 spiro atoms. The summed E-state index contributed by atoms with van der Waals surface area (Å²) in [6.45, 7) is 2.04. The molecule has 1 unspecified atom stereocenters. The number of hydrazone groups is 2. The number of fused-ring (bicyclic) bond motifs is 1. The quantitative estimate of drug-likeness (QED) is 0.524. The minimum absolute atomic E-state index is 0.323. The van der Waals surface area contributed by atoms with Crippen LogP contribution < -0.4 is 5.43 Å². The lowest BCUT2D eigenvalue weighted by molar-refractivity contribution is 0.288. The SMILES string of the molecule is CC1=NN2C=NNC2CC1. The van der Waals surface area contributed by atoms with E-state index in [1.165, 1.54) is 5.71 Å². The normalized spacial score (nSPS) is 29.5. The summed E-state index contributed by atoms with van der Waals surface area (Å²) in [5, 5.41) is 10.1. The molecule has 2 aliphatic heterocycles. The molecule has 2 heterocycles. The first-order valence-electron chi connectivity index (χ1n) is 3.47. The molecule has 0 aromatic carbocycles. The highest BCUT2D eigenvalue weighted by atomic mass is 15.6. The Bertz CT molecular complexity index is 196. The van der Waals surface area contributed by atoms with E-state index in [4.69, 9.17) is 0 Å². The van der Waals surface area contributed by atoms with Crippen molar-refractivity contribution >= 4 is 12.1 Å². The minimum atomic E-state index is 0.323. The van der Waals surface area contributed by atoms with Crippen molar-refractivity contribution in [3.63, 3.8) is 0 Å². The fourth-order valence-corrected chi connectivity index (χ4v) is 1.20. The zero-order valence-corrected chi connectivity index (χ0v) is 5.91. The molecule has 0 amide bonds. The average molecular weight is 138 g/mol. The van der Waals surface area contributed by atoms with Gasteiger partial charge in [-0.2, -0.15) is 10.2 Å². The fraction of sp³-hybridized carbons (Fsp3) is 0.667. The van der Waals surface area contributed by atoms with Gasteiger partial charge in [-0.3, -0.25) is 5.43 Å². The lowest BCUT2D eigenvalue weighted by atomic mass is 10.2. The molecular weight excluding hydrogens is 128 g/mol. The largest absolute Gasteiger partial charge is 0.284 e. The summed E-state index contributed by atoms with van der Waals surface area (Å²) in [5.41, 5.74) is 4.15. The predicted octanol–water partition coefficient (Wildman–Crippen LogP) is 0.331. The topological polar surface area (TPSA) is 40.0 Å². The van der Waals surface area contributed by atoms with Gasteiger partial charge in [-0.05, 0) is 19.8 Å². The lowest BCUT2D eigenvalue weighted by Crippen LogP contribution is -2.37. The van der Waals surface area contributed by atoms with Crippen LogP contribution in [0.1, 0.15) is 19.8 Å². The summed E-state index contributed by atoms with van der Waals surface area (Å²) in [5.74, 6) is 0. The van der Waals surface area contributed by atoms with Gasteiger partial charge in [0.2, 0.25) is 0 Å². The summed E-state index contributed by atoms with van der Waals surface area (Å²) in [7, 11) is 0. The molecule has 2 aliphatic rings. The van der Waals surface area contributed by atoms with Gasteiger partial charge in [-0.15, -0.1) is 0 Å². The standard InChI is InChI=1S/C6H10N4/c1-5-2-3-6-8-7-4-10(6)9-5/h4,6,8H,2-3H2,1H3. The van der Waals surface area contributed by atoms with E-state index in [0.29, 0.717) is 6.17 Å². The Morgan fingerprint density at radius 2 is 2.70 bits per heavy atom. The molecule has 0 aromatic rings. The first-order chi connectivity index (χ1) is 4.86. The Kier molecular flexibility index (Phi) is 1.12. The summed E-state index contributed by atoms with van der Waals surface area (Å²) in [4.78, 5) is 0. The van der Waals surface area contributed by atoms with Crippen LogP contribution >= 0.6 is 0 Å². The van der Waals surface area contributed by atoms with Crippen LogP contribution in [0.5, 0.6) is 0 Å². The first kappa shape index (κ1) is 5.70. The van der Waals surface area contributed by atoms with E-state index in [9.17, 15) is 0 Å². The van der Waals surface area contributed by atoms with Crippen molar-refractivity contribution in [1.29, 1.82) is 0 Å². The van der Waals surface area contributed by atoms with Gasteiger partial charge in [-0.1, -0.05) is 0 Å². The molecule has 0 bridgehead atoms. The first-order valence-corrected chi connectivity index (χ1v) is 3.47. The highest BCUT2D eigenvalue weighted by Crippen LogP contribution is 2.13. The fourth-order valence-electron chi connectivity index (χ4n) is 1.20. The summed E-state index contributed by atoms with van der Waals surface area (Å²) >= 11 is 0. The zero-order valence-electron chi connectivity index (χ0n) is 5.91. The molecule has 0 aliphatic carbocycles. The second-order valence-corrected chi connectivity index (χ2v) is 2.64. The number of nitrogens with zero attached hydrogens (tertiary/aromatic N) is 3. The molecule has 0 aromatic heterocycles. The van der Waals surface area contributed by atoms with Crippen LogP contribution in [0.2, 0.25) is 0 Å². The second kappa shape index (κ2) is 1.97. The Morgan fingerprint density at radius 1 is 1.80 bits per heavy atom. The van der Waals surface area contributed by atoms with E-state index >= 15 is 0 Å². The monoisotopic (exact) mass is 138 g/mol. The van der Waals surface area contributed by atoms with Crippen LogP contribution in [-0.2, 0) is 0 Å². The molecular formula is C6H10N4. The van der Waals surface area contributed by atoms with Crippen LogP contribution in [0.4, 0.5) is 0 Å². The number of nitrogens with one attached hydrogen (secondary N) is 1. The predicted molar refractivity (Wildman–Crippen MR) is 39.6 cm³/mol.